The van der Waals surface area contributed by atoms with Gasteiger partial charge in [0.15, 0.2) is 0 Å². The van der Waals surface area contributed by atoms with Gasteiger partial charge >= 0.3 is 0 Å². The Morgan fingerprint density at radius 2 is 2.11 bits per heavy atom. The van der Waals surface area contributed by atoms with E-state index in [-0.39, 0.29) is 11.9 Å². The summed E-state index contributed by atoms with van der Waals surface area (Å²) in [7, 11) is 2.03. The highest BCUT2D eigenvalue weighted by Gasteiger charge is 2.10. The molecular formula is C14H23N3O2. The molecule has 0 aliphatic heterocycles. The zero-order chi connectivity index (χ0) is 14.1. The number of para-hydroxylation sites is 1. The normalized spacial score (nSPS) is 13.5. The van der Waals surface area contributed by atoms with Crippen LogP contribution in [-0.4, -0.2) is 42.2 Å². The first kappa shape index (κ1) is 15.3. The first-order valence-corrected chi connectivity index (χ1v) is 6.48. The third kappa shape index (κ3) is 6.10. The Bertz CT molecular complexity index is 382. The molecule has 1 aromatic carbocycles. The van der Waals surface area contributed by atoms with Crippen LogP contribution in [0.1, 0.15) is 19.8 Å². The lowest BCUT2D eigenvalue weighted by Crippen LogP contribution is -2.34. The summed E-state index contributed by atoms with van der Waals surface area (Å²) >= 11 is 0. The van der Waals surface area contributed by atoms with Gasteiger partial charge in [-0.15, -0.1) is 0 Å². The lowest BCUT2D eigenvalue weighted by Gasteiger charge is -2.24. The van der Waals surface area contributed by atoms with Crippen LogP contribution in [0.25, 0.3) is 0 Å². The predicted molar refractivity (Wildman–Crippen MR) is 76.7 cm³/mol. The fraction of sp³-hybridized carbons (Fsp3) is 0.500. The minimum Gasteiger partial charge on any atom is -0.494 e. The smallest absolute Gasteiger partial charge is 0.140 e. The first-order chi connectivity index (χ1) is 9.13. The summed E-state index contributed by atoms with van der Waals surface area (Å²) in [6.45, 7) is 3.65. The second-order valence-corrected chi connectivity index (χ2v) is 4.64. The molecule has 0 fully saturated rings. The van der Waals surface area contributed by atoms with E-state index in [2.05, 4.69) is 17.0 Å². The Balaban J connectivity index is 2.18. The number of nitrogens with zero attached hydrogens (tertiary/aromatic N) is 2. The number of rotatable bonds is 8. The molecule has 0 heterocycles. The fourth-order valence-corrected chi connectivity index (χ4v) is 1.74. The summed E-state index contributed by atoms with van der Waals surface area (Å²) < 4.78 is 5.62. The van der Waals surface area contributed by atoms with E-state index in [0.717, 1.165) is 18.7 Å². The van der Waals surface area contributed by atoms with E-state index in [4.69, 9.17) is 15.7 Å². The molecular weight excluding hydrogens is 242 g/mol. The molecule has 5 heteroatoms. The van der Waals surface area contributed by atoms with Gasteiger partial charge in [0.25, 0.3) is 0 Å². The van der Waals surface area contributed by atoms with Gasteiger partial charge in [0.1, 0.15) is 11.6 Å². The SMILES string of the molecule is CC(CC(N)=NO)N(C)CCCOc1ccccc1. The van der Waals surface area contributed by atoms with Gasteiger partial charge in [0.2, 0.25) is 0 Å². The molecule has 1 rings (SSSR count). The van der Waals surface area contributed by atoms with Gasteiger partial charge in [-0.3, -0.25) is 0 Å². The van der Waals surface area contributed by atoms with Crippen LogP contribution < -0.4 is 10.5 Å². The number of amidine groups is 1. The number of hydrogen-bond acceptors (Lipinski definition) is 4. The number of oxime groups is 1. The maximum Gasteiger partial charge on any atom is 0.140 e. The summed E-state index contributed by atoms with van der Waals surface area (Å²) in [4.78, 5) is 2.17. The zero-order valence-electron chi connectivity index (χ0n) is 11.6. The minimum absolute atomic E-state index is 0.243. The van der Waals surface area contributed by atoms with Gasteiger partial charge in [-0.25, -0.2) is 0 Å². The van der Waals surface area contributed by atoms with Crippen molar-refractivity contribution in [2.24, 2.45) is 10.9 Å². The standard InChI is InChI=1S/C14H23N3O2/c1-12(11-14(15)16-18)17(2)9-6-10-19-13-7-4-3-5-8-13/h3-5,7-8,12,18H,6,9-11H2,1-2H3,(H2,15,16). The molecule has 0 aliphatic carbocycles. The molecule has 1 unspecified atom stereocenters. The van der Waals surface area contributed by atoms with Crippen LogP contribution in [0.4, 0.5) is 0 Å². The Kier molecular flexibility index (Phi) is 6.74. The molecule has 19 heavy (non-hydrogen) atoms. The van der Waals surface area contributed by atoms with Crippen molar-refractivity contribution in [3.8, 4) is 5.75 Å². The monoisotopic (exact) mass is 265 g/mol. The Morgan fingerprint density at radius 3 is 2.74 bits per heavy atom. The van der Waals surface area contributed by atoms with Crippen LogP contribution in [-0.2, 0) is 0 Å². The molecule has 1 atom stereocenters. The predicted octanol–water partition coefficient (Wildman–Crippen LogP) is 1.91. The Morgan fingerprint density at radius 1 is 1.42 bits per heavy atom. The van der Waals surface area contributed by atoms with Gasteiger partial charge in [0, 0.05) is 19.0 Å². The van der Waals surface area contributed by atoms with Gasteiger partial charge in [-0.1, -0.05) is 23.4 Å². The quantitative estimate of drug-likeness (QED) is 0.248. The van der Waals surface area contributed by atoms with Gasteiger partial charge < -0.3 is 20.6 Å². The van der Waals surface area contributed by atoms with Crippen LogP contribution >= 0.6 is 0 Å². The molecule has 1 aromatic rings. The lowest BCUT2D eigenvalue weighted by atomic mass is 10.2. The van der Waals surface area contributed by atoms with E-state index in [1.165, 1.54) is 0 Å². The van der Waals surface area contributed by atoms with E-state index in [9.17, 15) is 0 Å². The highest BCUT2D eigenvalue weighted by molar-refractivity contribution is 5.80. The lowest BCUT2D eigenvalue weighted by molar-refractivity contribution is 0.226. The topological polar surface area (TPSA) is 71.1 Å². The highest BCUT2D eigenvalue weighted by atomic mass is 16.5. The van der Waals surface area contributed by atoms with Crippen molar-refractivity contribution in [3.05, 3.63) is 30.3 Å². The molecule has 0 bridgehead atoms. The third-order valence-electron chi connectivity index (χ3n) is 3.05. The van der Waals surface area contributed by atoms with Crippen LogP contribution in [0.15, 0.2) is 35.5 Å². The first-order valence-electron chi connectivity index (χ1n) is 6.48. The average molecular weight is 265 g/mol. The third-order valence-corrected chi connectivity index (χ3v) is 3.05. The summed E-state index contributed by atoms with van der Waals surface area (Å²) in [6.07, 6.45) is 1.50. The van der Waals surface area contributed by atoms with Gasteiger partial charge in [0.05, 0.1) is 6.61 Å². The molecule has 0 spiro atoms. The number of hydrogen-bond donors (Lipinski definition) is 2. The number of benzene rings is 1. The average Bonchev–Trinajstić information content (AvgIpc) is 2.44. The molecule has 0 aromatic heterocycles. The van der Waals surface area contributed by atoms with Gasteiger partial charge in [-0.05, 0) is 32.5 Å². The van der Waals surface area contributed by atoms with Crippen molar-refractivity contribution < 1.29 is 9.94 Å². The van der Waals surface area contributed by atoms with Crippen molar-refractivity contribution in [1.29, 1.82) is 0 Å². The largest absolute Gasteiger partial charge is 0.494 e. The fourth-order valence-electron chi connectivity index (χ4n) is 1.74. The maximum atomic E-state index is 8.53. The highest BCUT2D eigenvalue weighted by Crippen LogP contribution is 2.09. The molecule has 0 saturated heterocycles. The molecule has 0 radical (unpaired) electrons. The van der Waals surface area contributed by atoms with Crippen molar-refractivity contribution in [2.75, 3.05) is 20.2 Å². The summed E-state index contributed by atoms with van der Waals surface area (Å²) in [5.74, 6) is 1.16. The van der Waals surface area contributed by atoms with E-state index >= 15 is 0 Å². The van der Waals surface area contributed by atoms with Gasteiger partial charge in [-0.2, -0.15) is 0 Å². The zero-order valence-corrected chi connectivity index (χ0v) is 11.6. The molecule has 5 nitrogen and oxygen atoms in total. The second-order valence-electron chi connectivity index (χ2n) is 4.64. The van der Waals surface area contributed by atoms with E-state index in [1.807, 2.05) is 37.4 Å². The summed E-state index contributed by atoms with van der Waals surface area (Å²) in [5.41, 5.74) is 5.49. The number of nitrogens with two attached hydrogens (primary N) is 1. The van der Waals surface area contributed by atoms with Crippen molar-refractivity contribution >= 4 is 5.84 Å². The van der Waals surface area contributed by atoms with E-state index in [0.29, 0.717) is 13.0 Å². The van der Waals surface area contributed by atoms with Crippen LogP contribution in [0.5, 0.6) is 5.75 Å². The Labute approximate surface area is 114 Å². The van der Waals surface area contributed by atoms with Crippen molar-refractivity contribution in [2.45, 2.75) is 25.8 Å². The molecule has 106 valence electrons. The molecule has 0 saturated carbocycles. The minimum atomic E-state index is 0.243. The van der Waals surface area contributed by atoms with Crippen molar-refractivity contribution in [1.82, 2.24) is 4.90 Å². The van der Waals surface area contributed by atoms with E-state index < -0.39 is 0 Å². The van der Waals surface area contributed by atoms with E-state index in [1.54, 1.807) is 0 Å². The van der Waals surface area contributed by atoms with Crippen molar-refractivity contribution in [3.63, 3.8) is 0 Å². The van der Waals surface area contributed by atoms with Crippen LogP contribution in [0.3, 0.4) is 0 Å². The number of ether oxygens (including phenoxy) is 1. The van der Waals surface area contributed by atoms with Crippen LogP contribution in [0, 0.1) is 0 Å². The maximum absolute atomic E-state index is 8.53. The molecule has 3 N–H and O–H groups in total. The van der Waals surface area contributed by atoms with Crippen LogP contribution in [0.2, 0.25) is 0 Å². The second kappa shape index (κ2) is 8.37. The Hall–Kier alpha value is -1.75. The summed E-state index contributed by atoms with van der Waals surface area (Å²) in [6, 6.07) is 10.0. The molecule has 0 amide bonds. The summed E-state index contributed by atoms with van der Waals surface area (Å²) in [5, 5.41) is 11.5. The molecule has 0 aliphatic rings.